The zero-order valence-corrected chi connectivity index (χ0v) is 20.4. The van der Waals surface area contributed by atoms with Crippen molar-refractivity contribution in [3.8, 4) is 11.5 Å². The molecule has 0 aliphatic rings. The molecule has 0 aliphatic carbocycles. The molecule has 0 aromatic heterocycles. The maximum absolute atomic E-state index is 12.4. The summed E-state index contributed by atoms with van der Waals surface area (Å²) < 4.78 is 10.8. The Bertz CT molecular complexity index is 1300. The van der Waals surface area contributed by atoms with Crippen LogP contribution in [-0.4, -0.2) is 30.6 Å². The lowest BCUT2D eigenvalue weighted by molar-refractivity contribution is -0.136. The maximum atomic E-state index is 12.4. The van der Waals surface area contributed by atoms with Gasteiger partial charge in [-0.1, -0.05) is 23.7 Å². The van der Waals surface area contributed by atoms with Crippen molar-refractivity contribution in [1.82, 2.24) is 5.43 Å². The van der Waals surface area contributed by atoms with Gasteiger partial charge in [0.15, 0.2) is 11.5 Å². The van der Waals surface area contributed by atoms with E-state index in [1.807, 2.05) is 26.0 Å². The van der Waals surface area contributed by atoms with Crippen LogP contribution in [0.1, 0.15) is 34.0 Å². The van der Waals surface area contributed by atoms with E-state index in [-0.39, 0.29) is 5.75 Å². The van der Waals surface area contributed by atoms with Crippen molar-refractivity contribution in [2.45, 2.75) is 20.8 Å². The summed E-state index contributed by atoms with van der Waals surface area (Å²) in [6.45, 7) is 5.37. The second-order valence-corrected chi connectivity index (χ2v) is 8.11. The van der Waals surface area contributed by atoms with E-state index >= 15 is 0 Å². The summed E-state index contributed by atoms with van der Waals surface area (Å²) >= 11 is 5.85. The molecule has 3 rings (SSSR count). The standard InChI is InChI=1S/C26H24ClN3O5/c1-15-5-6-16(2)21(13-15)28-24(31)25(32)30-29-17(3)19-9-12-22(23(14-19)34-4)35-26(33)18-7-10-20(27)11-8-18/h5-14H,1-4H3,(H,28,31)(H,30,32)/b29-17+. The number of carbonyl (C=O) groups is 3. The van der Waals surface area contributed by atoms with Gasteiger partial charge < -0.3 is 14.8 Å². The number of hydrogen-bond donors (Lipinski definition) is 2. The van der Waals surface area contributed by atoms with Crippen LogP contribution in [0.15, 0.2) is 65.8 Å². The maximum Gasteiger partial charge on any atom is 0.343 e. The van der Waals surface area contributed by atoms with Crippen molar-refractivity contribution in [2.24, 2.45) is 5.10 Å². The molecule has 35 heavy (non-hydrogen) atoms. The van der Waals surface area contributed by atoms with Crippen molar-refractivity contribution in [3.63, 3.8) is 0 Å². The molecule has 3 aromatic carbocycles. The first-order valence-electron chi connectivity index (χ1n) is 10.6. The minimum absolute atomic E-state index is 0.209. The third-order valence-electron chi connectivity index (χ3n) is 5.04. The number of benzene rings is 3. The number of hydrazone groups is 1. The first-order valence-corrected chi connectivity index (χ1v) is 10.9. The lowest BCUT2D eigenvalue weighted by Crippen LogP contribution is -2.33. The Balaban J connectivity index is 1.67. The summed E-state index contributed by atoms with van der Waals surface area (Å²) in [5.74, 6) is -1.82. The number of nitrogens with one attached hydrogen (secondary N) is 2. The number of carbonyl (C=O) groups excluding carboxylic acids is 3. The molecular weight excluding hydrogens is 470 g/mol. The molecule has 0 unspecified atom stereocenters. The molecular formula is C26H24ClN3O5. The molecule has 0 saturated carbocycles. The van der Waals surface area contributed by atoms with E-state index in [0.717, 1.165) is 11.1 Å². The normalized spacial score (nSPS) is 10.9. The van der Waals surface area contributed by atoms with E-state index in [1.165, 1.54) is 7.11 Å². The fourth-order valence-electron chi connectivity index (χ4n) is 3.02. The van der Waals surface area contributed by atoms with Gasteiger partial charge in [-0.3, -0.25) is 9.59 Å². The lowest BCUT2D eigenvalue weighted by Gasteiger charge is -2.11. The molecule has 0 spiro atoms. The minimum atomic E-state index is -0.911. The fourth-order valence-corrected chi connectivity index (χ4v) is 3.15. The summed E-state index contributed by atoms with van der Waals surface area (Å²) in [5.41, 5.74) is 5.92. The number of amides is 2. The van der Waals surface area contributed by atoms with Crippen molar-refractivity contribution in [3.05, 3.63) is 87.9 Å². The molecule has 9 heteroatoms. The number of nitrogens with zero attached hydrogens (tertiary/aromatic N) is 1. The van der Waals surface area contributed by atoms with Gasteiger partial charge in [-0.2, -0.15) is 5.10 Å². The summed E-state index contributed by atoms with van der Waals surface area (Å²) in [6, 6.07) is 16.6. The van der Waals surface area contributed by atoms with E-state index < -0.39 is 17.8 Å². The molecule has 0 radical (unpaired) electrons. The number of halogens is 1. The lowest BCUT2D eigenvalue weighted by atomic mass is 10.1. The minimum Gasteiger partial charge on any atom is -0.493 e. The van der Waals surface area contributed by atoms with Gasteiger partial charge in [0.05, 0.1) is 18.4 Å². The van der Waals surface area contributed by atoms with Gasteiger partial charge in [0.25, 0.3) is 0 Å². The summed E-state index contributed by atoms with van der Waals surface area (Å²) in [6.07, 6.45) is 0. The molecule has 0 heterocycles. The molecule has 0 saturated heterocycles. The van der Waals surface area contributed by atoms with Gasteiger partial charge in [0.1, 0.15) is 0 Å². The average Bonchev–Trinajstić information content (AvgIpc) is 2.85. The molecule has 180 valence electrons. The van der Waals surface area contributed by atoms with E-state index in [0.29, 0.717) is 33.3 Å². The summed E-state index contributed by atoms with van der Waals surface area (Å²) in [7, 11) is 1.44. The number of esters is 1. The summed E-state index contributed by atoms with van der Waals surface area (Å²) in [5, 5.41) is 7.09. The Kier molecular flexibility index (Phi) is 8.22. The fraction of sp³-hybridized carbons (Fsp3) is 0.154. The van der Waals surface area contributed by atoms with Crippen LogP contribution in [-0.2, 0) is 9.59 Å². The molecule has 0 atom stereocenters. The molecule has 0 bridgehead atoms. The van der Waals surface area contributed by atoms with E-state index in [1.54, 1.807) is 55.5 Å². The highest BCUT2D eigenvalue weighted by molar-refractivity contribution is 6.39. The molecule has 3 aromatic rings. The number of methoxy groups -OCH3 is 1. The molecule has 0 aliphatic heterocycles. The monoisotopic (exact) mass is 493 g/mol. The first kappa shape index (κ1) is 25.5. The average molecular weight is 494 g/mol. The highest BCUT2D eigenvalue weighted by atomic mass is 35.5. The van der Waals surface area contributed by atoms with Crippen LogP contribution in [0.5, 0.6) is 11.5 Å². The van der Waals surface area contributed by atoms with Crippen LogP contribution in [0.2, 0.25) is 5.02 Å². The molecule has 2 N–H and O–H groups in total. The van der Waals surface area contributed by atoms with Crippen LogP contribution in [0, 0.1) is 13.8 Å². The predicted octanol–water partition coefficient (Wildman–Crippen LogP) is 4.66. The SMILES string of the molecule is COc1cc(/C(C)=N/NC(=O)C(=O)Nc2cc(C)ccc2C)ccc1OC(=O)c1ccc(Cl)cc1. The number of hydrogen-bond acceptors (Lipinski definition) is 6. The number of anilines is 1. The third kappa shape index (κ3) is 6.68. The second kappa shape index (κ2) is 11.3. The van der Waals surface area contributed by atoms with Crippen LogP contribution in [0.4, 0.5) is 5.69 Å². The number of rotatable bonds is 6. The van der Waals surface area contributed by atoms with Gasteiger partial charge in [-0.05, 0) is 80.4 Å². The largest absolute Gasteiger partial charge is 0.493 e. The predicted molar refractivity (Wildman–Crippen MR) is 134 cm³/mol. The van der Waals surface area contributed by atoms with Crippen molar-refractivity contribution < 1.29 is 23.9 Å². The molecule has 0 fully saturated rings. The highest BCUT2D eigenvalue weighted by Crippen LogP contribution is 2.29. The Morgan fingerprint density at radius 2 is 1.54 bits per heavy atom. The van der Waals surface area contributed by atoms with Gasteiger partial charge in [-0.15, -0.1) is 0 Å². The Morgan fingerprint density at radius 3 is 2.23 bits per heavy atom. The molecule has 8 nitrogen and oxygen atoms in total. The number of aryl methyl sites for hydroxylation is 2. The van der Waals surface area contributed by atoms with Crippen LogP contribution >= 0.6 is 11.6 Å². The highest BCUT2D eigenvalue weighted by Gasteiger charge is 2.16. The quantitative estimate of drug-likeness (QED) is 0.171. The smallest absolute Gasteiger partial charge is 0.343 e. The summed E-state index contributed by atoms with van der Waals surface area (Å²) in [4.78, 5) is 36.8. The van der Waals surface area contributed by atoms with E-state index in [4.69, 9.17) is 21.1 Å². The van der Waals surface area contributed by atoms with Gasteiger partial charge in [-0.25, -0.2) is 10.2 Å². The van der Waals surface area contributed by atoms with E-state index in [9.17, 15) is 14.4 Å². The van der Waals surface area contributed by atoms with Crippen molar-refractivity contribution in [1.29, 1.82) is 0 Å². The van der Waals surface area contributed by atoms with Crippen LogP contribution in [0.3, 0.4) is 0 Å². The van der Waals surface area contributed by atoms with Crippen LogP contribution in [0.25, 0.3) is 0 Å². The van der Waals surface area contributed by atoms with Crippen LogP contribution < -0.4 is 20.2 Å². The second-order valence-electron chi connectivity index (χ2n) is 7.67. The first-order chi connectivity index (χ1) is 16.7. The van der Waals surface area contributed by atoms with Gasteiger partial charge in [0, 0.05) is 16.3 Å². The van der Waals surface area contributed by atoms with Gasteiger partial charge >= 0.3 is 17.8 Å². The van der Waals surface area contributed by atoms with Crippen molar-refractivity contribution >= 4 is 40.8 Å². The van der Waals surface area contributed by atoms with Gasteiger partial charge in [0.2, 0.25) is 0 Å². The molecule has 2 amide bonds. The zero-order valence-electron chi connectivity index (χ0n) is 19.6. The Labute approximate surface area is 207 Å². The van der Waals surface area contributed by atoms with Crippen molar-refractivity contribution in [2.75, 3.05) is 12.4 Å². The van der Waals surface area contributed by atoms with E-state index in [2.05, 4.69) is 15.8 Å². The topological polar surface area (TPSA) is 106 Å². The number of ether oxygens (including phenoxy) is 2. The zero-order chi connectivity index (χ0) is 25.5. The Hall–Kier alpha value is -4.17. The third-order valence-corrected chi connectivity index (χ3v) is 5.29. The Morgan fingerprint density at radius 1 is 0.857 bits per heavy atom.